The third-order valence-corrected chi connectivity index (χ3v) is 1.87. The van der Waals surface area contributed by atoms with Gasteiger partial charge in [-0.25, -0.2) is 4.79 Å². The van der Waals surface area contributed by atoms with Gasteiger partial charge in [0.05, 0.1) is 6.61 Å². The Kier molecular flexibility index (Phi) is 14.6. The maximum Gasteiger partial charge on any atom is 0.333 e. The van der Waals surface area contributed by atoms with E-state index in [1.54, 1.807) is 19.9 Å². The summed E-state index contributed by atoms with van der Waals surface area (Å²) in [5, 5.41) is 0. The van der Waals surface area contributed by atoms with Gasteiger partial charge in [0.1, 0.15) is 0 Å². The largest absolute Gasteiger partial charge is 0.463 e. The predicted octanol–water partition coefficient (Wildman–Crippen LogP) is 4.57. The first-order valence-corrected chi connectivity index (χ1v) is 6.46. The first kappa shape index (κ1) is 19.5. The number of hydrogen-bond acceptors (Lipinski definition) is 2. The Morgan fingerprint density at radius 3 is 1.95 bits per heavy atom. The van der Waals surface area contributed by atoms with Crippen molar-refractivity contribution in [1.29, 1.82) is 0 Å². The topological polar surface area (TPSA) is 26.3 Å². The fourth-order valence-electron chi connectivity index (χ4n) is 0.968. The lowest BCUT2D eigenvalue weighted by atomic mass is 10.2. The van der Waals surface area contributed by atoms with Crippen LogP contribution in [0.15, 0.2) is 55.1 Å². The van der Waals surface area contributed by atoms with Crippen molar-refractivity contribution in [3.63, 3.8) is 0 Å². The molecule has 0 unspecified atom stereocenters. The van der Waals surface area contributed by atoms with Crippen LogP contribution in [0.3, 0.4) is 0 Å². The van der Waals surface area contributed by atoms with Gasteiger partial charge in [0.25, 0.3) is 0 Å². The molecule has 19 heavy (non-hydrogen) atoms. The smallest absolute Gasteiger partial charge is 0.333 e. The van der Waals surface area contributed by atoms with Crippen molar-refractivity contribution in [1.82, 2.24) is 0 Å². The Balaban J connectivity index is 0. The zero-order chi connectivity index (χ0) is 15.1. The summed E-state index contributed by atoms with van der Waals surface area (Å²) in [7, 11) is 0. The third kappa shape index (κ3) is 14.1. The maximum absolute atomic E-state index is 10.4. The van der Waals surface area contributed by atoms with Gasteiger partial charge in [0, 0.05) is 5.57 Å². The maximum atomic E-state index is 10.4. The second kappa shape index (κ2) is 14.2. The van der Waals surface area contributed by atoms with Gasteiger partial charge in [-0.3, -0.25) is 0 Å². The van der Waals surface area contributed by atoms with Crippen LogP contribution in [-0.4, -0.2) is 12.6 Å². The molecule has 1 rings (SSSR count). The monoisotopic (exact) mass is 262 g/mol. The highest BCUT2D eigenvalue weighted by Gasteiger charge is 1.98. The molecule has 0 aliphatic heterocycles. The number of rotatable bonds is 3. The van der Waals surface area contributed by atoms with Gasteiger partial charge in [-0.15, -0.1) is 6.58 Å². The van der Waals surface area contributed by atoms with Crippen molar-refractivity contribution < 1.29 is 9.53 Å². The Labute approximate surface area is 117 Å². The Hall–Kier alpha value is -1.83. The van der Waals surface area contributed by atoms with Crippen molar-refractivity contribution in [3.8, 4) is 0 Å². The van der Waals surface area contributed by atoms with E-state index in [2.05, 4.69) is 49.1 Å². The first-order chi connectivity index (χ1) is 9.03. The van der Waals surface area contributed by atoms with Crippen LogP contribution >= 0.6 is 0 Å². The average molecular weight is 262 g/mol. The molecule has 0 heterocycles. The van der Waals surface area contributed by atoms with Gasteiger partial charge in [-0.05, 0) is 32.8 Å². The summed E-state index contributed by atoms with van der Waals surface area (Å²) in [5.74, 6) is -0.312. The minimum atomic E-state index is -0.312. The highest BCUT2D eigenvalue weighted by Crippen LogP contribution is 1.96. The third-order valence-electron chi connectivity index (χ3n) is 1.87. The molecule has 106 valence electrons. The van der Waals surface area contributed by atoms with Gasteiger partial charge in [0.15, 0.2) is 0 Å². The van der Waals surface area contributed by atoms with E-state index < -0.39 is 0 Å². The molecule has 0 N–H and O–H groups in total. The molecule has 2 nitrogen and oxygen atoms in total. The van der Waals surface area contributed by atoms with E-state index in [0.717, 1.165) is 6.42 Å². The molecule has 0 amide bonds. The lowest BCUT2D eigenvalue weighted by Crippen LogP contribution is -2.03. The predicted molar refractivity (Wildman–Crippen MR) is 83.1 cm³/mol. The van der Waals surface area contributed by atoms with Crippen molar-refractivity contribution in [3.05, 3.63) is 60.7 Å². The summed E-state index contributed by atoms with van der Waals surface area (Å²) >= 11 is 0. The number of esters is 1. The summed E-state index contributed by atoms with van der Waals surface area (Å²) in [6.07, 6.45) is 2.89. The molecule has 0 atom stereocenters. The van der Waals surface area contributed by atoms with Crippen LogP contribution in [0, 0.1) is 0 Å². The van der Waals surface area contributed by atoms with Crippen LogP contribution in [0.4, 0.5) is 0 Å². The zero-order valence-corrected chi connectivity index (χ0v) is 12.6. The minimum absolute atomic E-state index is 0.312. The van der Waals surface area contributed by atoms with Crippen LogP contribution in [-0.2, 0) is 16.0 Å². The molecule has 1 aromatic carbocycles. The van der Waals surface area contributed by atoms with Gasteiger partial charge in [-0.1, -0.05) is 49.9 Å². The zero-order valence-electron chi connectivity index (χ0n) is 12.6. The van der Waals surface area contributed by atoms with Crippen molar-refractivity contribution in [2.75, 3.05) is 6.61 Å². The summed E-state index contributed by atoms with van der Waals surface area (Å²) in [6.45, 7) is 14.6. The molecule has 0 fully saturated rings. The SMILES string of the molecule is C=C(C)C(=O)OCC.C=CC.CCc1ccccc1. The molecule has 0 saturated carbocycles. The Morgan fingerprint density at radius 1 is 1.26 bits per heavy atom. The molecule has 2 heteroatoms. The van der Waals surface area contributed by atoms with Gasteiger partial charge in [0.2, 0.25) is 0 Å². The van der Waals surface area contributed by atoms with Crippen LogP contribution in [0.1, 0.15) is 33.3 Å². The van der Waals surface area contributed by atoms with Crippen LogP contribution in [0.2, 0.25) is 0 Å². The average Bonchev–Trinajstić information content (AvgIpc) is 2.41. The molecular formula is C17H26O2. The number of carbonyl (C=O) groups is 1. The van der Waals surface area contributed by atoms with Crippen LogP contribution < -0.4 is 0 Å². The number of hydrogen-bond donors (Lipinski definition) is 0. The molecule has 0 aliphatic rings. The second-order valence-corrected chi connectivity index (χ2v) is 3.75. The molecular weight excluding hydrogens is 236 g/mol. The van der Waals surface area contributed by atoms with Crippen LogP contribution in [0.25, 0.3) is 0 Å². The molecule has 0 aromatic heterocycles. The van der Waals surface area contributed by atoms with E-state index in [1.807, 2.05) is 13.0 Å². The highest BCUT2D eigenvalue weighted by atomic mass is 16.5. The molecule has 0 radical (unpaired) electrons. The lowest BCUT2D eigenvalue weighted by molar-refractivity contribution is -0.138. The minimum Gasteiger partial charge on any atom is -0.463 e. The van der Waals surface area contributed by atoms with E-state index >= 15 is 0 Å². The van der Waals surface area contributed by atoms with E-state index in [4.69, 9.17) is 0 Å². The molecule has 0 aliphatic carbocycles. The lowest BCUT2D eigenvalue weighted by Gasteiger charge is -1.96. The molecule has 0 saturated heterocycles. The Bertz CT molecular complexity index is 353. The van der Waals surface area contributed by atoms with E-state index in [1.165, 1.54) is 5.56 Å². The number of benzene rings is 1. The van der Waals surface area contributed by atoms with Crippen molar-refractivity contribution in [2.24, 2.45) is 0 Å². The van der Waals surface area contributed by atoms with Gasteiger partial charge < -0.3 is 4.74 Å². The van der Waals surface area contributed by atoms with E-state index in [-0.39, 0.29) is 5.97 Å². The van der Waals surface area contributed by atoms with Gasteiger partial charge in [-0.2, -0.15) is 0 Å². The van der Waals surface area contributed by atoms with Gasteiger partial charge >= 0.3 is 5.97 Å². The van der Waals surface area contributed by atoms with Crippen molar-refractivity contribution in [2.45, 2.75) is 34.1 Å². The molecule has 0 spiro atoms. The number of ether oxygens (including phenoxy) is 1. The number of allylic oxidation sites excluding steroid dienone is 1. The van der Waals surface area contributed by atoms with E-state index in [0.29, 0.717) is 12.2 Å². The summed E-state index contributed by atoms with van der Waals surface area (Å²) in [6, 6.07) is 10.5. The first-order valence-electron chi connectivity index (χ1n) is 6.46. The molecule has 0 bridgehead atoms. The quantitative estimate of drug-likeness (QED) is 0.453. The number of carbonyl (C=O) groups excluding carboxylic acids is 1. The normalized spacial score (nSPS) is 8.00. The summed E-state index contributed by atoms with van der Waals surface area (Å²) < 4.78 is 4.56. The molecule has 1 aromatic rings. The fourth-order valence-corrected chi connectivity index (χ4v) is 0.968. The van der Waals surface area contributed by atoms with Crippen molar-refractivity contribution >= 4 is 5.97 Å². The van der Waals surface area contributed by atoms with Crippen LogP contribution in [0.5, 0.6) is 0 Å². The number of aryl methyl sites for hydroxylation is 1. The second-order valence-electron chi connectivity index (χ2n) is 3.75. The Morgan fingerprint density at radius 2 is 1.74 bits per heavy atom. The summed E-state index contributed by atoms with van der Waals surface area (Å²) in [4.78, 5) is 10.4. The summed E-state index contributed by atoms with van der Waals surface area (Å²) in [5.41, 5.74) is 1.86. The van der Waals surface area contributed by atoms with E-state index in [9.17, 15) is 4.79 Å². The standard InChI is InChI=1S/C8H10.C6H10O2.C3H6/c1-2-8-6-4-3-5-7-8;1-4-8-6(7)5(2)3;1-3-2/h3-7H,2H2,1H3;2,4H2,1,3H3;3H,1H2,2H3. The highest BCUT2D eigenvalue weighted by molar-refractivity contribution is 5.86. The fraction of sp³-hybridized carbons (Fsp3) is 0.353.